The monoisotopic (exact) mass is 228 g/mol. The summed E-state index contributed by atoms with van der Waals surface area (Å²) in [4.78, 5) is 0. The van der Waals surface area contributed by atoms with E-state index in [1.807, 2.05) is 0 Å². The SMILES string of the molecule is C[C@H](NC(=S)NC[C@@H]1CCCO1)C1CC1. The molecule has 0 amide bonds. The maximum atomic E-state index is 5.52. The molecule has 1 saturated carbocycles. The predicted molar refractivity (Wildman–Crippen MR) is 64.9 cm³/mol. The van der Waals surface area contributed by atoms with Crippen LogP contribution < -0.4 is 10.6 Å². The van der Waals surface area contributed by atoms with E-state index in [4.69, 9.17) is 17.0 Å². The van der Waals surface area contributed by atoms with Crippen LogP contribution in [0.5, 0.6) is 0 Å². The van der Waals surface area contributed by atoms with Crippen LogP contribution in [0, 0.1) is 5.92 Å². The van der Waals surface area contributed by atoms with Gasteiger partial charge in [0.1, 0.15) is 0 Å². The van der Waals surface area contributed by atoms with E-state index in [1.54, 1.807) is 0 Å². The molecule has 0 aromatic heterocycles. The Morgan fingerprint density at radius 1 is 1.47 bits per heavy atom. The molecule has 0 unspecified atom stereocenters. The Morgan fingerprint density at radius 2 is 2.27 bits per heavy atom. The Bertz CT molecular complexity index is 225. The van der Waals surface area contributed by atoms with Crippen LogP contribution in [0.25, 0.3) is 0 Å². The summed E-state index contributed by atoms with van der Waals surface area (Å²) >= 11 is 5.23. The maximum absolute atomic E-state index is 5.52. The fourth-order valence-electron chi connectivity index (χ4n) is 1.98. The molecule has 2 atom stereocenters. The number of nitrogens with one attached hydrogen (secondary N) is 2. The van der Waals surface area contributed by atoms with Crippen molar-refractivity contribution in [3.63, 3.8) is 0 Å². The number of hydrogen-bond donors (Lipinski definition) is 2. The van der Waals surface area contributed by atoms with Crippen molar-refractivity contribution in [2.24, 2.45) is 5.92 Å². The number of rotatable bonds is 4. The van der Waals surface area contributed by atoms with Gasteiger partial charge in [-0.3, -0.25) is 0 Å². The third kappa shape index (κ3) is 3.61. The van der Waals surface area contributed by atoms with Gasteiger partial charge in [0, 0.05) is 19.2 Å². The lowest BCUT2D eigenvalue weighted by atomic mass is 10.2. The van der Waals surface area contributed by atoms with E-state index in [9.17, 15) is 0 Å². The molecule has 2 aliphatic rings. The van der Waals surface area contributed by atoms with Gasteiger partial charge in [-0.05, 0) is 50.7 Å². The molecule has 1 heterocycles. The molecule has 2 rings (SSSR count). The van der Waals surface area contributed by atoms with E-state index in [0.717, 1.165) is 30.6 Å². The van der Waals surface area contributed by atoms with Gasteiger partial charge in [-0.15, -0.1) is 0 Å². The van der Waals surface area contributed by atoms with Crippen molar-refractivity contribution >= 4 is 17.3 Å². The molecule has 1 saturated heterocycles. The van der Waals surface area contributed by atoms with Crippen molar-refractivity contribution in [3.8, 4) is 0 Å². The van der Waals surface area contributed by atoms with Crippen LogP contribution in [0.3, 0.4) is 0 Å². The average molecular weight is 228 g/mol. The summed E-state index contributed by atoms with van der Waals surface area (Å²) in [6.45, 7) is 3.96. The maximum Gasteiger partial charge on any atom is 0.166 e. The van der Waals surface area contributed by atoms with Crippen LogP contribution in [0.2, 0.25) is 0 Å². The van der Waals surface area contributed by atoms with Gasteiger partial charge in [0.15, 0.2) is 5.11 Å². The van der Waals surface area contributed by atoms with Crippen LogP contribution in [0.4, 0.5) is 0 Å². The van der Waals surface area contributed by atoms with Crippen LogP contribution >= 0.6 is 12.2 Å². The van der Waals surface area contributed by atoms with E-state index in [2.05, 4.69) is 17.6 Å². The fourth-order valence-corrected chi connectivity index (χ4v) is 2.25. The second-order valence-corrected chi connectivity index (χ2v) is 5.02. The molecule has 0 bridgehead atoms. The highest BCUT2D eigenvalue weighted by molar-refractivity contribution is 7.80. The van der Waals surface area contributed by atoms with E-state index in [-0.39, 0.29) is 0 Å². The van der Waals surface area contributed by atoms with Crippen molar-refractivity contribution < 1.29 is 4.74 Å². The van der Waals surface area contributed by atoms with Gasteiger partial charge in [-0.2, -0.15) is 0 Å². The highest BCUT2D eigenvalue weighted by Gasteiger charge is 2.28. The van der Waals surface area contributed by atoms with E-state index in [0.29, 0.717) is 12.1 Å². The molecule has 2 fully saturated rings. The minimum Gasteiger partial charge on any atom is -0.376 e. The summed E-state index contributed by atoms with van der Waals surface area (Å²) < 4.78 is 5.52. The quantitative estimate of drug-likeness (QED) is 0.713. The first-order chi connectivity index (χ1) is 7.25. The van der Waals surface area contributed by atoms with Gasteiger partial charge in [0.05, 0.1) is 6.10 Å². The summed E-state index contributed by atoms with van der Waals surface area (Å²) in [5.74, 6) is 0.840. The third-order valence-electron chi connectivity index (χ3n) is 3.20. The second-order valence-electron chi connectivity index (χ2n) is 4.62. The smallest absolute Gasteiger partial charge is 0.166 e. The zero-order valence-corrected chi connectivity index (χ0v) is 10.1. The lowest BCUT2D eigenvalue weighted by molar-refractivity contribution is 0.114. The standard InChI is InChI=1S/C11H20N2OS/c1-8(9-4-5-9)13-11(15)12-7-10-3-2-6-14-10/h8-10H,2-7H2,1H3,(H2,12,13,15)/t8-,10-/m0/s1. The Morgan fingerprint density at radius 3 is 2.87 bits per heavy atom. The molecule has 0 aromatic rings. The van der Waals surface area contributed by atoms with Gasteiger partial charge in [0.2, 0.25) is 0 Å². The first-order valence-corrected chi connectivity index (χ1v) is 6.32. The molecule has 1 aliphatic carbocycles. The number of thiocarbonyl (C=S) groups is 1. The van der Waals surface area contributed by atoms with Gasteiger partial charge < -0.3 is 15.4 Å². The first-order valence-electron chi connectivity index (χ1n) is 5.91. The van der Waals surface area contributed by atoms with Crippen molar-refractivity contribution in [1.82, 2.24) is 10.6 Å². The van der Waals surface area contributed by atoms with E-state index in [1.165, 1.54) is 19.3 Å². The van der Waals surface area contributed by atoms with Crippen molar-refractivity contribution in [1.29, 1.82) is 0 Å². The summed E-state index contributed by atoms with van der Waals surface area (Å²) in [5.41, 5.74) is 0. The highest BCUT2D eigenvalue weighted by atomic mass is 32.1. The van der Waals surface area contributed by atoms with Crippen molar-refractivity contribution in [2.45, 2.75) is 44.8 Å². The summed E-state index contributed by atoms with van der Waals surface area (Å²) in [6.07, 6.45) is 5.41. The van der Waals surface area contributed by atoms with Crippen molar-refractivity contribution in [2.75, 3.05) is 13.2 Å². The zero-order valence-electron chi connectivity index (χ0n) is 9.29. The van der Waals surface area contributed by atoms with Crippen LogP contribution in [0.1, 0.15) is 32.6 Å². The van der Waals surface area contributed by atoms with Crippen LogP contribution in [0.15, 0.2) is 0 Å². The molecule has 0 radical (unpaired) electrons. The molecule has 1 aliphatic heterocycles. The van der Waals surface area contributed by atoms with E-state index < -0.39 is 0 Å². The molecular weight excluding hydrogens is 208 g/mol. The Kier molecular flexibility index (Phi) is 3.81. The molecule has 0 aromatic carbocycles. The number of ether oxygens (including phenoxy) is 1. The molecule has 0 spiro atoms. The van der Waals surface area contributed by atoms with Crippen LogP contribution in [-0.4, -0.2) is 30.4 Å². The zero-order chi connectivity index (χ0) is 10.7. The normalized spacial score (nSPS) is 27.4. The molecule has 3 nitrogen and oxygen atoms in total. The molecular formula is C11H20N2OS. The largest absolute Gasteiger partial charge is 0.376 e. The Hall–Kier alpha value is -0.350. The Labute approximate surface area is 96.9 Å². The average Bonchev–Trinajstić information content (AvgIpc) is 2.93. The topological polar surface area (TPSA) is 33.3 Å². The Balaban J connectivity index is 1.59. The summed E-state index contributed by atoms with van der Waals surface area (Å²) in [7, 11) is 0. The molecule has 2 N–H and O–H groups in total. The predicted octanol–water partition coefficient (Wildman–Crippen LogP) is 1.43. The minimum absolute atomic E-state index is 0.362. The second kappa shape index (κ2) is 5.12. The van der Waals surface area contributed by atoms with Gasteiger partial charge in [-0.1, -0.05) is 0 Å². The minimum atomic E-state index is 0.362. The summed E-state index contributed by atoms with van der Waals surface area (Å²) in [6, 6.07) is 0.523. The van der Waals surface area contributed by atoms with Gasteiger partial charge >= 0.3 is 0 Å². The first kappa shape index (κ1) is 11.1. The molecule has 15 heavy (non-hydrogen) atoms. The highest BCUT2D eigenvalue weighted by Crippen LogP contribution is 2.32. The third-order valence-corrected chi connectivity index (χ3v) is 3.46. The fraction of sp³-hybridized carbons (Fsp3) is 0.909. The van der Waals surface area contributed by atoms with Gasteiger partial charge in [0.25, 0.3) is 0 Å². The number of hydrogen-bond acceptors (Lipinski definition) is 2. The van der Waals surface area contributed by atoms with Crippen molar-refractivity contribution in [3.05, 3.63) is 0 Å². The van der Waals surface area contributed by atoms with Crippen LogP contribution in [-0.2, 0) is 4.74 Å². The lowest BCUT2D eigenvalue weighted by Gasteiger charge is -2.18. The van der Waals surface area contributed by atoms with E-state index >= 15 is 0 Å². The van der Waals surface area contributed by atoms with Gasteiger partial charge in [-0.25, -0.2) is 0 Å². The summed E-state index contributed by atoms with van der Waals surface area (Å²) in [5, 5.41) is 7.35. The molecule has 4 heteroatoms. The lowest BCUT2D eigenvalue weighted by Crippen LogP contribution is -2.43. The molecule has 86 valence electrons.